The summed E-state index contributed by atoms with van der Waals surface area (Å²) >= 11 is 0. The van der Waals surface area contributed by atoms with E-state index in [2.05, 4.69) is 11.8 Å². The molecular formula is C10H22N2O2S. The second-order valence-corrected chi connectivity index (χ2v) is 6.08. The molecule has 0 bridgehead atoms. The van der Waals surface area contributed by atoms with Gasteiger partial charge in [0, 0.05) is 6.04 Å². The molecule has 0 radical (unpaired) electrons. The summed E-state index contributed by atoms with van der Waals surface area (Å²) in [7, 11) is -3.27. The fraction of sp³-hybridized carbons (Fsp3) is 1.00. The van der Waals surface area contributed by atoms with E-state index in [-0.39, 0.29) is 5.75 Å². The molecule has 1 saturated carbocycles. The average Bonchev–Trinajstić information content (AvgIpc) is 2.92. The Labute approximate surface area is 92.9 Å². The fourth-order valence-corrected chi connectivity index (χ4v) is 2.28. The summed E-state index contributed by atoms with van der Waals surface area (Å²) in [6, 6.07) is 0.719. The fourth-order valence-electron chi connectivity index (χ4n) is 1.75. The molecule has 1 aliphatic carbocycles. The number of primary sulfonamides is 1. The predicted octanol–water partition coefficient (Wildman–Crippen LogP) is 0.930. The quantitative estimate of drug-likeness (QED) is 0.679. The molecule has 0 atom stereocenters. The van der Waals surface area contributed by atoms with Gasteiger partial charge < -0.3 is 4.90 Å². The SMILES string of the molecule is CCCCN(CCCS(N)(=O)=O)C1CC1. The van der Waals surface area contributed by atoms with Crippen LogP contribution in [0.15, 0.2) is 0 Å². The summed E-state index contributed by atoms with van der Waals surface area (Å²) in [5, 5.41) is 4.97. The normalized spacial score (nSPS) is 17.3. The average molecular weight is 234 g/mol. The second-order valence-electron chi connectivity index (χ2n) is 4.34. The molecule has 0 aromatic rings. The van der Waals surface area contributed by atoms with Gasteiger partial charge >= 0.3 is 0 Å². The van der Waals surface area contributed by atoms with Crippen LogP contribution in [0.5, 0.6) is 0 Å². The van der Waals surface area contributed by atoms with Gasteiger partial charge in [-0.15, -0.1) is 0 Å². The van der Waals surface area contributed by atoms with Gasteiger partial charge in [0.15, 0.2) is 0 Å². The lowest BCUT2D eigenvalue weighted by Crippen LogP contribution is -2.30. The Kier molecular flexibility index (Phi) is 5.02. The van der Waals surface area contributed by atoms with Crippen LogP contribution in [0.2, 0.25) is 0 Å². The van der Waals surface area contributed by atoms with Gasteiger partial charge in [0.05, 0.1) is 5.75 Å². The lowest BCUT2D eigenvalue weighted by atomic mass is 10.3. The van der Waals surface area contributed by atoms with E-state index >= 15 is 0 Å². The van der Waals surface area contributed by atoms with Crippen molar-refractivity contribution < 1.29 is 8.42 Å². The largest absolute Gasteiger partial charge is 0.300 e. The maximum absolute atomic E-state index is 10.8. The number of nitrogens with two attached hydrogens (primary N) is 1. The van der Waals surface area contributed by atoms with E-state index in [1.165, 1.54) is 25.7 Å². The van der Waals surface area contributed by atoms with Gasteiger partial charge in [0.25, 0.3) is 0 Å². The molecule has 0 heterocycles. The van der Waals surface area contributed by atoms with Crippen LogP contribution in [0.1, 0.15) is 39.0 Å². The molecule has 0 amide bonds. The molecule has 90 valence electrons. The molecule has 0 saturated heterocycles. The first-order valence-corrected chi connectivity index (χ1v) is 7.49. The van der Waals surface area contributed by atoms with Crippen LogP contribution in [0.25, 0.3) is 0 Å². The summed E-state index contributed by atoms with van der Waals surface area (Å²) < 4.78 is 21.5. The first kappa shape index (κ1) is 12.9. The summed E-state index contributed by atoms with van der Waals surface area (Å²) in [5.41, 5.74) is 0. The first-order chi connectivity index (χ1) is 7.03. The third kappa shape index (κ3) is 6.12. The minimum Gasteiger partial charge on any atom is -0.300 e. The molecular weight excluding hydrogens is 212 g/mol. The van der Waals surface area contributed by atoms with Gasteiger partial charge in [-0.2, -0.15) is 0 Å². The van der Waals surface area contributed by atoms with E-state index in [1.54, 1.807) is 0 Å². The van der Waals surface area contributed by atoms with E-state index in [1.807, 2.05) is 0 Å². The summed E-state index contributed by atoms with van der Waals surface area (Å²) in [5.74, 6) is 0.113. The van der Waals surface area contributed by atoms with E-state index in [4.69, 9.17) is 5.14 Å². The van der Waals surface area contributed by atoms with Crippen LogP contribution in [-0.2, 0) is 10.0 Å². The van der Waals surface area contributed by atoms with Crippen molar-refractivity contribution in [2.75, 3.05) is 18.8 Å². The van der Waals surface area contributed by atoms with Crippen molar-refractivity contribution in [3.63, 3.8) is 0 Å². The van der Waals surface area contributed by atoms with E-state index in [0.29, 0.717) is 6.42 Å². The lowest BCUT2D eigenvalue weighted by Gasteiger charge is -2.21. The zero-order valence-electron chi connectivity index (χ0n) is 9.48. The molecule has 1 fully saturated rings. The zero-order valence-corrected chi connectivity index (χ0v) is 10.3. The molecule has 1 rings (SSSR count). The van der Waals surface area contributed by atoms with Crippen molar-refractivity contribution in [2.45, 2.75) is 45.1 Å². The van der Waals surface area contributed by atoms with Gasteiger partial charge in [-0.25, -0.2) is 13.6 Å². The van der Waals surface area contributed by atoms with Gasteiger partial charge in [0.1, 0.15) is 0 Å². The molecule has 0 aliphatic heterocycles. The molecule has 0 aromatic heterocycles. The molecule has 0 spiro atoms. The summed E-state index contributed by atoms with van der Waals surface area (Å²) in [6.07, 6.45) is 5.61. The van der Waals surface area contributed by atoms with Crippen LogP contribution >= 0.6 is 0 Å². The van der Waals surface area contributed by atoms with Gasteiger partial charge in [-0.3, -0.25) is 0 Å². The zero-order chi connectivity index (χ0) is 11.3. The molecule has 2 N–H and O–H groups in total. The second kappa shape index (κ2) is 5.82. The van der Waals surface area contributed by atoms with Gasteiger partial charge in [-0.1, -0.05) is 13.3 Å². The Morgan fingerprint density at radius 1 is 1.27 bits per heavy atom. The van der Waals surface area contributed by atoms with Crippen molar-refractivity contribution in [3.8, 4) is 0 Å². The Hall–Kier alpha value is -0.130. The number of unbranched alkanes of at least 4 members (excludes halogenated alkanes) is 1. The van der Waals surface area contributed by atoms with Crippen LogP contribution in [0.4, 0.5) is 0 Å². The van der Waals surface area contributed by atoms with Crippen LogP contribution in [0, 0.1) is 0 Å². The summed E-state index contributed by atoms with van der Waals surface area (Å²) in [6.45, 7) is 4.16. The molecule has 15 heavy (non-hydrogen) atoms. The topological polar surface area (TPSA) is 63.4 Å². The van der Waals surface area contributed by atoms with Crippen molar-refractivity contribution in [1.29, 1.82) is 0 Å². The smallest absolute Gasteiger partial charge is 0.209 e. The lowest BCUT2D eigenvalue weighted by molar-refractivity contribution is 0.260. The number of rotatable bonds is 8. The van der Waals surface area contributed by atoms with Crippen molar-refractivity contribution in [3.05, 3.63) is 0 Å². The number of hydrogen-bond acceptors (Lipinski definition) is 3. The molecule has 1 aliphatic rings. The highest BCUT2D eigenvalue weighted by molar-refractivity contribution is 7.89. The molecule has 0 unspecified atom stereocenters. The molecule has 4 nitrogen and oxygen atoms in total. The standard InChI is InChI=1S/C10H22N2O2S/c1-2-3-7-12(10-5-6-10)8-4-9-15(11,13)14/h10H,2-9H2,1H3,(H2,11,13,14). The molecule has 0 aromatic carbocycles. The van der Waals surface area contributed by atoms with Gasteiger partial charge in [0.2, 0.25) is 10.0 Å². The third-order valence-electron chi connectivity index (χ3n) is 2.74. The third-order valence-corrected chi connectivity index (χ3v) is 3.59. The van der Waals surface area contributed by atoms with E-state index in [0.717, 1.165) is 19.1 Å². The monoisotopic (exact) mass is 234 g/mol. The van der Waals surface area contributed by atoms with E-state index < -0.39 is 10.0 Å². The van der Waals surface area contributed by atoms with Crippen LogP contribution in [0.3, 0.4) is 0 Å². The predicted molar refractivity (Wildman–Crippen MR) is 62.1 cm³/mol. The highest BCUT2D eigenvalue weighted by Crippen LogP contribution is 2.27. The van der Waals surface area contributed by atoms with Crippen LogP contribution < -0.4 is 5.14 Å². The maximum Gasteiger partial charge on any atom is 0.209 e. The van der Waals surface area contributed by atoms with E-state index in [9.17, 15) is 8.42 Å². The maximum atomic E-state index is 10.8. The minimum absolute atomic E-state index is 0.113. The van der Waals surface area contributed by atoms with Gasteiger partial charge in [-0.05, 0) is 38.8 Å². The highest BCUT2D eigenvalue weighted by atomic mass is 32.2. The first-order valence-electron chi connectivity index (χ1n) is 5.77. The minimum atomic E-state index is -3.27. The molecule has 5 heteroatoms. The highest BCUT2D eigenvalue weighted by Gasteiger charge is 2.27. The number of sulfonamides is 1. The Balaban J connectivity index is 2.19. The van der Waals surface area contributed by atoms with Crippen LogP contribution in [-0.4, -0.2) is 38.2 Å². The van der Waals surface area contributed by atoms with Crippen molar-refractivity contribution in [2.24, 2.45) is 5.14 Å². The Morgan fingerprint density at radius 2 is 1.87 bits per heavy atom. The van der Waals surface area contributed by atoms with Crippen molar-refractivity contribution in [1.82, 2.24) is 4.90 Å². The van der Waals surface area contributed by atoms with Crippen molar-refractivity contribution >= 4 is 10.0 Å². The number of nitrogens with zero attached hydrogens (tertiary/aromatic N) is 1. The Bertz CT molecular complexity index is 273. The Morgan fingerprint density at radius 3 is 2.33 bits per heavy atom. The number of hydrogen-bond donors (Lipinski definition) is 1. The summed E-state index contributed by atoms with van der Waals surface area (Å²) in [4.78, 5) is 2.41.